The maximum absolute atomic E-state index is 14.4. The van der Waals surface area contributed by atoms with Crippen LogP contribution in [0.1, 0.15) is 37.3 Å². The van der Waals surface area contributed by atoms with Crippen LogP contribution in [0, 0.1) is 0 Å². The highest BCUT2D eigenvalue weighted by molar-refractivity contribution is 5.86. The van der Waals surface area contributed by atoms with Gasteiger partial charge in [-0.1, -0.05) is 38.5 Å². The molecule has 0 fully saturated rings. The van der Waals surface area contributed by atoms with Crippen LogP contribution in [0.25, 0.3) is 0 Å². The molecule has 2 aromatic carbocycles. The number of benzene rings is 2. The molecule has 156 valence electrons. The Morgan fingerprint density at radius 2 is 1.72 bits per heavy atom. The lowest BCUT2D eigenvalue weighted by molar-refractivity contribution is -0.185. The standard InChI is InChI=1S/C23H27F2NO3/c1-3-5-6-7-18-8-10-19(11-9-18)23(24,25)29-21-14-12-20(13-15-21)28-17-16-26-22(27)4-2/h4,8-15H,2-3,5-7,16-17H2,1H3,(H,26,27). The second-order valence-corrected chi connectivity index (χ2v) is 6.59. The Labute approximate surface area is 170 Å². The number of rotatable bonds is 12. The summed E-state index contributed by atoms with van der Waals surface area (Å²) in [7, 11) is 0. The summed E-state index contributed by atoms with van der Waals surface area (Å²) in [4.78, 5) is 11.0. The van der Waals surface area contributed by atoms with Gasteiger partial charge >= 0.3 is 6.11 Å². The molecule has 0 aliphatic rings. The SMILES string of the molecule is C=CC(=O)NCCOc1ccc(OC(F)(F)c2ccc(CCCCC)cc2)cc1. The number of hydrogen-bond acceptors (Lipinski definition) is 3. The molecule has 0 bridgehead atoms. The monoisotopic (exact) mass is 403 g/mol. The van der Waals surface area contributed by atoms with Crippen molar-refractivity contribution in [3.63, 3.8) is 0 Å². The molecule has 0 saturated heterocycles. The van der Waals surface area contributed by atoms with E-state index in [0.29, 0.717) is 12.3 Å². The van der Waals surface area contributed by atoms with Crippen LogP contribution in [-0.4, -0.2) is 19.1 Å². The van der Waals surface area contributed by atoms with Gasteiger partial charge in [-0.25, -0.2) is 0 Å². The largest absolute Gasteiger partial charge is 0.492 e. The van der Waals surface area contributed by atoms with Crippen LogP contribution in [-0.2, 0) is 17.3 Å². The van der Waals surface area contributed by atoms with E-state index in [9.17, 15) is 13.6 Å². The van der Waals surface area contributed by atoms with Crippen LogP contribution in [0.2, 0.25) is 0 Å². The Morgan fingerprint density at radius 1 is 1.07 bits per heavy atom. The number of nitrogens with one attached hydrogen (secondary N) is 1. The zero-order valence-electron chi connectivity index (χ0n) is 16.6. The fourth-order valence-corrected chi connectivity index (χ4v) is 2.67. The van der Waals surface area contributed by atoms with E-state index in [-0.39, 0.29) is 23.8 Å². The van der Waals surface area contributed by atoms with Crippen LogP contribution >= 0.6 is 0 Å². The van der Waals surface area contributed by atoms with Gasteiger partial charge in [-0.05, 0) is 60.9 Å². The smallest absolute Gasteiger partial charge is 0.426 e. The number of halogens is 2. The van der Waals surface area contributed by atoms with Crippen LogP contribution < -0.4 is 14.8 Å². The van der Waals surface area contributed by atoms with Crippen molar-refractivity contribution >= 4 is 5.91 Å². The van der Waals surface area contributed by atoms with Gasteiger partial charge in [0, 0.05) is 0 Å². The first kappa shape index (κ1) is 22.4. The number of ether oxygens (including phenoxy) is 2. The molecule has 4 nitrogen and oxygen atoms in total. The van der Waals surface area contributed by atoms with E-state index in [0.717, 1.165) is 31.2 Å². The van der Waals surface area contributed by atoms with Crippen molar-refractivity contribution in [3.05, 3.63) is 72.3 Å². The molecule has 0 aliphatic heterocycles. The van der Waals surface area contributed by atoms with Crippen molar-refractivity contribution in [2.24, 2.45) is 0 Å². The number of carbonyl (C=O) groups is 1. The minimum atomic E-state index is -3.43. The van der Waals surface area contributed by atoms with Crippen molar-refractivity contribution in [1.82, 2.24) is 5.32 Å². The minimum absolute atomic E-state index is 0.0364. The second-order valence-electron chi connectivity index (χ2n) is 6.59. The average molecular weight is 403 g/mol. The number of amides is 1. The van der Waals surface area contributed by atoms with E-state index >= 15 is 0 Å². The average Bonchev–Trinajstić information content (AvgIpc) is 2.72. The highest BCUT2D eigenvalue weighted by Gasteiger charge is 2.34. The number of hydrogen-bond donors (Lipinski definition) is 1. The van der Waals surface area contributed by atoms with Gasteiger partial charge in [-0.15, -0.1) is 0 Å². The molecule has 2 aromatic rings. The number of alkyl halides is 2. The third-order valence-corrected chi connectivity index (χ3v) is 4.28. The van der Waals surface area contributed by atoms with Crippen LogP contribution in [0.3, 0.4) is 0 Å². The lowest BCUT2D eigenvalue weighted by Gasteiger charge is -2.19. The summed E-state index contributed by atoms with van der Waals surface area (Å²) in [6.07, 6.45) is 1.94. The Hall–Kier alpha value is -2.89. The van der Waals surface area contributed by atoms with E-state index in [2.05, 4.69) is 18.8 Å². The van der Waals surface area contributed by atoms with Gasteiger partial charge in [-0.3, -0.25) is 4.79 Å². The van der Waals surface area contributed by atoms with Gasteiger partial charge in [0.2, 0.25) is 5.91 Å². The van der Waals surface area contributed by atoms with Crippen molar-refractivity contribution in [3.8, 4) is 11.5 Å². The van der Waals surface area contributed by atoms with Gasteiger partial charge in [0.25, 0.3) is 0 Å². The second kappa shape index (κ2) is 11.2. The summed E-state index contributed by atoms with van der Waals surface area (Å²) in [6.45, 7) is 6.04. The van der Waals surface area contributed by atoms with Crippen molar-refractivity contribution in [2.75, 3.05) is 13.2 Å². The molecule has 6 heteroatoms. The summed E-state index contributed by atoms with van der Waals surface area (Å²) >= 11 is 0. The molecular weight excluding hydrogens is 376 g/mol. The van der Waals surface area contributed by atoms with Crippen molar-refractivity contribution in [2.45, 2.75) is 38.7 Å². The van der Waals surface area contributed by atoms with Gasteiger partial charge in [0.15, 0.2) is 0 Å². The summed E-state index contributed by atoms with van der Waals surface area (Å²) in [5.41, 5.74) is 0.860. The Morgan fingerprint density at radius 3 is 2.34 bits per heavy atom. The minimum Gasteiger partial charge on any atom is -0.492 e. The number of aryl methyl sites for hydroxylation is 1. The van der Waals surface area contributed by atoms with E-state index < -0.39 is 6.11 Å². The topological polar surface area (TPSA) is 47.6 Å². The van der Waals surface area contributed by atoms with E-state index in [1.54, 1.807) is 12.1 Å². The lowest BCUT2D eigenvalue weighted by atomic mass is 10.1. The zero-order chi connectivity index (χ0) is 21.1. The first-order chi connectivity index (χ1) is 13.9. The fourth-order valence-electron chi connectivity index (χ4n) is 2.67. The zero-order valence-corrected chi connectivity index (χ0v) is 16.6. The lowest BCUT2D eigenvalue weighted by Crippen LogP contribution is -2.26. The van der Waals surface area contributed by atoms with Gasteiger partial charge in [0.05, 0.1) is 12.1 Å². The molecule has 0 spiro atoms. The molecule has 0 saturated carbocycles. The molecule has 2 rings (SSSR count). The van der Waals surface area contributed by atoms with E-state index in [1.807, 2.05) is 0 Å². The van der Waals surface area contributed by atoms with Crippen LogP contribution in [0.15, 0.2) is 61.2 Å². The maximum Gasteiger partial charge on any atom is 0.426 e. The summed E-state index contributed by atoms with van der Waals surface area (Å²) in [5, 5.41) is 2.58. The molecular formula is C23H27F2NO3. The first-order valence-electron chi connectivity index (χ1n) is 9.74. The quantitative estimate of drug-likeness (QED) is 0.390. The third kappa shape index (κ3) is 7.56. The summed E-state index contributed by atoms with van der Waals surface area (Å²) in [6, 6.07) is 12.2. The molecule has 0 aliphatic carbocycles. The van der Waals surface area contributed by atoms with Gasteiger partial charge in [-0.2, -0.15) is 8.78 Å². The third-order valence-electron chi connectivity index (χ3n) is 4.28. The van der Waals surface area contributed by atoms with Crippen molar-refractivity contribution in [1.29, 1.82) is 0 Å². The highest BCUT2D eigenvalue weighted by Crippen LogP contribution is 2.32. The Bertz CT molecular complexity index is 774. The number of carbonyl (C=O) groups excluding carboxylic acids is 1. The predicted molar refractivity (Wildman–Crippen MR) is 109 cm³/mol. The van der Waals surface area contributed by atoms with E-state index in [4.69, 9.17) is 9.47 Å². The predicted octanol–water partition coefficient (Wildman–Crippen LogP) is 5.23. The molecule has 0 aromatic heterocycles. The van der Waals surface area contributed by atoms with Gasteiger partial charge < -0.3 is 14.8 Å². The first-order valence-corrected chi connectivity index (χ1v) is 9.74. The molecule has 0 atom stereocenters. The Kier molecular flexibility index (Phi) is 8.65. The maximum atomic E-state index is 14.4. The molecule has 1 N–H and O–H groups in total. The van der Waals surface area contributed by atoms with E-state index in [1.165, 1.54) is 42.5 Å². The Balaban J connectivity index is 1.87. The molecule has 29 heavy (non-hydrogen) atoms. The molecule has 0 heterocycles. The summed E-state index contributed by atoms with van der Waals surface area (Å²) < 4.78 is 39.2. The van der Waals surface area contributed by atoms with Crippen molar-refractivity contribution < 1.29 is 23.0 Å². The van der Waals surface area contributed by atoms with Gasteiger partial charge in [0.1, 0.15) is 18.1 Å². The molecule has 0 radical (unpaired) electrons. The van der Waals surface area contributed by atoms with Crippen LogP contribution in [0.4, 0.5) is 8.78 Å². The molecule has 0 unspecified atom stereocenters. The fraction of sp³-hybridized carbons (Fsp3) is 0.348. The number of unbranched alkanes of at least 4 members (excludes halogenated alkanes) is 2. The molecule has 1 amide bonds. The van der Waals surface area contributed by atoms with Crippen LogP contribution in [0.5, 0.6) is 11.5 Å². The normalized spacial score (nSPS) is 11.0. The highest BCUT2D eigenvalue weighted by atomic mass is 19.3. The summed E-state index contributed by atoms with van der Waals surface area (Å²) in [5.74, 6) is 0.243.